The Morgan fingerprint density at radius 3 is 2.59 bits per heavy atom. The third kappa shape index (κ3) is 5.18. The summed E-state index contributed by atoms with van der Waals surface area (Å²) < 4.78 is 0. The van der Waals surface area contributed by atoms with Crippen molar-refractivity contribution in [3.05, 3.63) is 35.9 Å². The van der Waals surface area contributed by atoms with Gasteiger partial charge in [-0.2, -0.15) is 0 Å². The highest BCUT2D eigenvalue weighted by molar-refractivity contribution is 7.99. The molecule has 1 aromatic carbocycles. The number of nitrogens with two attached hydrogens (primary N) is 1. The van der Waals surface area contributed by atoms with Crippen LogP contribution in [0, 0.1) is 11.8 Å². The first-order chi connectivity index (χ1) is 10.1. The molecular weight excluding hydrogens is 316 g/mol. The van der Waals surface area contributed by atoms with Crippen molar-refractivity contribution in [2.24, 2.45) is 17.6 Å². The molecule has 0 bridgehead atoms. The van der Waals surface area contributed by atoms with E-state index in [1.54, 1.807) is 11.8 Å². The maximum atomic E-state index is 12.7. The molecule has 0 spiro atoms. The average molecular weight is 343 g/mol. The van der Waals surface area contributed by atoms with Crippen LogP contribution in [0.3, 0.4) is 0 Å². The van der Waals surface area contributed by atoms with Crippen LogP contribution >= 0.6 is 24.2 Å². The van der Waals surface area contributed by atoms with E-state index in [9.17, 15) is 4.79 Å². The van der Waals surface area contributed by atoms with Gasteiger partial charge in [-0.25, -0.2) is 0 Å². The standard InChI is InChI=1S/C17H26N2OS.ClH/c1-13(2)16(21-12-14-6-4-3-5-7-14)17(20)19-9-8-15(10-18)11-19;/h3-7,13,15-16H,8-12,18H2,1-2H3;1H. The molecule has 0 radical (unpaired) electrons. The molecule has 22 heavy (non-hydrogen) atoms. The first-order valence-electron chi connectivity index (χ1n) is 7.76. The number of benzene rings is 1. The lowest BCUT2D eigenvalue weighted by Crippen LogP contribution is -2.39. The Morgan fingerprint density at radius 1 is 1.36 bits per heavy atom. The number of carbonyl (C=O) groups excluding carboxylic acids is 1. The summed E-state index contributed by atoms with van der Waals surface area (Å²) in [6, 6.07) is 10.4. The average Bonchev–Trinajstić information content (AvgIpc) is 2.97. The predicted molar refractivity (Wildman–Crippen MR) is 97.4 cm³/mol. The van der Waals surface area contributed by atoms with E-state index < -0.39 is 0 Å². The van der Waals surface area contributed by atoms with Crippen LogP contribution in [-0.2, 0) is 10.5 Å². The number of thioether (sulfide) groups is 1. The van der Waals surface area contributed by atoms with Gasteiger partial charge in [-0.3, -0.25) is 4.79 Å². The molecule has 1 aromatic rings. The molecular formula is C17H27ClN2OS. The van der Waals surface area contributed by atoms with Crippen LogP contribution in [0.15, 0.2) is 30.3 Å². The highest BCUT2D eigenvalue weighted by Crippen LogP contribution is 2.27. The van der Waals surface area contributed by atoms with Crippen molar-refractivity contribution in [2.45, 2.75) is 31.3 Å². The number of carbonyl (C=O) groups is 1. The van der Waals surface area contributed by atoms with Crippen molar-refractivity contribution >= 4 is 30.1 Å². The molecule has 0 aromatic heterocycles. The lowest BCUT2D eigenvalue weighted by Gasteiger charge is -2.26. The van der Waals surface area contributed by atoms with Crippen LogP contribution in [0.2, 0.25) is 0 Å². The van der Waals surface area contributed by atoms with Crippen LogP contribution in [0.4, 0.5) is 0 Å². The Hall–Kier alpha value is -0.710. The smallest absolute Gasteiger partial charge is 0.235 e. The van der Waals surface area contributed by atoms with Gasteiger partial charge in [0.1, 0.15) is 0 Å². The third-order valence-electron chi connectivity index (χ3n) is 4.05. The zero-order valence-electron chi connectivity index (χ0n) is 13.4. The van der Waals surface area contributed by atoms with E-state index in [2.05, 4.69) is 38.1 Å². The van der Waals surface area contributed by atoms with Crippen LogP contribution in [-0.4, -0.2) is 35.7 Å². The van der Waals surface area contributed by atoms with Crippen molar-refractivity contribution in [3.63, 3.8) is 0 Å². The molecule has 0 aliphatic carbocycles. The van der Waals surface area contributed by atoms with Gasteiger partial charge >= 0.3 is 0 Å². The Morgan fingerprint density at radius 2 is 2.05 bits per heavy atom. The van der Waals surface area contributed by atoms with Gasteiger partial charge < -0.3 is 10.6 Å². The van der Waals surface area contributed by atoms with Crippen molar-refractivity contribution < 1.29 is 4.79 Å². The summed E-state index contributed by atoms with van der Waals surface area (Å²) in [7, 11) is 0. The fraction of sp³-hybridized carbons (Fsp3) is 0.588. The fourth-order valence-corrected chi connectivity index (χ4v) is 3.96. The van der Waals surface area contributed by atoms with E-state index in [0.717, 1.165) is 25.3 Å². The summed E-state index contributed by atoms with van der Waals surface area (Å²) in [6.07, 6.45) is 1.05. The summed E-state index contributed by atoms with van der Waals surface area (Å²) in [5.41, 5.74) is 7.00. The van der Waals surface area contributed by atoms with Gasteiger partial charge in [0.25, 0.3) is 0 Å². The van der Waals surface area contributed by atoms with Gasteiger partial charge in [0.15, 0.2) is 0 Å². The van der Waals surface area contributed by atoms with Crippen molar-refractivity contribution in [1.82, 2.24) is 4.90 Å². The van der Waals surface area contributed by atoms with Crippen molar-refractivity contribution in [3.8, 4) is 0 Å². The summed E-state index contributed by atoms with van der Waals surface area (Å²) in [6.45, 7) is 6.67. The normalized spacial score (nSPS) is 19.1. The predicted octanol–water partition coefficient (Wildman–Crippen LogP) is 3.17. The first-order valence-corrected chi connectivity index (χ1v) is 8.81. The van der Waals surface area contributed by atoms with E-state index in [-0.39, 0.29) is 17.7 Å². The second-order valence-electron chi connectivity index (χ2n) is 6.14. The van der Waals surface area contributed by atoms with E-state index in [4.69, 9.17) is 5.73 Å². The molecule has 2 unspecified atom stereocenters. The zero-order chi connectivity index (χ0) is 15.2. The van der Waals surface area contributed by atoms with Crippen LogP contribution < -0.4 is 5.73 Å². The Balaban J connectivity index is 0.00000242. The molecule has 1 aliphatic heterocycles. The SMILES string of the molecule is CC(C)C(SCc1ccccc1)C(=O)N1CCC(CN)C1.Cl. The summed E-state index contributed by atoms with van der Waals surface area (Å²) >= 11 is 1.76. The minimum atomic E-state index is 0. The third-order valence-corrected chi connectivity index (χ3v) is 5.66. The zero-order valence-corrected chi connectivity index (χ0v) is 15.0. The number of halogens is 1. The highest BCUT2D eigenvalue weighted by atomic mass is 35.5. The molecule has 1 aliphatic rings. The number of hydrogen-bond acceptors (Lipinski definition) is 3. The van der Waals surface area contributed by atoms with Gasteiger partial charge in [-0.1, -0.05) is 44.2 Å². The van der Waals surface area contributed by atoms with Crippen molar-refractivity contribution in [2.75, 3.05) is 19.6 Å². The summed E-state index contributed by atoms with van der Waals surface area (Å²) in [4.78, 5) is 14.7. The lowest BCUT2D eigenvalue weighted by atomic mass is 10.1. The maximum absolute atomic E-state index is 12.7. The van der Waals surface area contributed by atoms with E-state index in [1.165, 1.54) is 5.56 Å². The van der Waals surface area contributed by atoms with Gasteiger partial charge in [0.2, 0.25) is 5.91 Å². The number of likely N-dealkylation sites (tertiary alicyclic amines) is 1. The molecule has 2 rings (SSSR count). The summed E-state index contributed by atoms with van der Waals surface area (Å²) in [5, 5.41) is 0.0433. The van der Waals surface area contributed by atoms with E-state index in [1.807, 2.05) is 11.0 Å². The molecule has 2 atom stereocenters. The number of hydrogen-bond donors (Lipinski definition) is 1. The topological polar surface area (TPSA) is 46.3 Å². The second kappa shape index (κ2) is 9.43. The Kier molecular flexibility index (Phi) is 8.29. The highest BCUT2D eigenvalue weighted by Gasteiger charge is 2.32. The van der Waals surface area contributed by atoms with Crippen LogP contribution in [0.25, 0.3) is 0 Å². The van der Waals surface area contributed by atoms with Crippen LogP contribution in [0.5, 0.6) is 0 Å². The second-order valence-corrected chi connectivity index (χ2v) is 7.27. The maximum Gasteiger partial charge on any atom is 0.235 e. The van der Waals surface area contributed by atoms with E-state index in [0.29, 0.717) is 24.3 Å². The Labute approximate surface area is 144 Å². The molecule has 3 nitrogen and oxygen atoms in total. The van der Waals surface area contributed by atoms with Crippen LogP contribution in [0.1, 0.15) is 25.8 Å². The molecule has 5 heteroatoms. The molecule has 1 saturated heterocycles. The summed E-state index contributed by atoms with van der Waals surface area (Å²) in [5.74, 6) is 2.02. The lowest BCUT2D eigenvalue weighted by molar-refractivity contribution is -0.130. The fourth-order valence-electron chi connectivity index (χ4n) is 2.71. The molecule has 2 N–H and O–H groups in total. The quantitative estimate of drug-likeness (QED) is 0.863. The monoisotopic (exact) mass is 342 g/mol. The molecule has 124 valence electrons. The number of amides is 1. The molecule has 1 amide bonds. The largest absolute Gasteiger partial charge is 0.341 e. The van der Waals surface area contributed by atoms with E-state index >= 15 is 0 Å². The van der Waals surface area contributed by atoms with Gasteiger partial charge in [0, 0.05) is 18.8 Å². The van der Waals surface area contributed by atoms with Gasteiger partial charge in [-0.05, 0) is 30.4 Å². The number of rotatable bonds is 6. The number of nitrogens with zero attached hydrogens (tertiary/aromatic N) is 1. The van der Waals surface area contributed by atoms with Crippen molar-refractivity contribution in [1.29, 1.82) is 0 Å². The first kappa shape index (κ1) is 19.3. The minimum absolute atomic E-state index is 0. The minimum Gasteiger partial charge on any atom is -0.341 e. The van der Waals surface area contributed by atoms with Gasteiger partial charge in [-0.15, -0.1) is 24.2 Å². The molecule has 0 saturated carbocycles. The van der Waals surface area contributed by atoms with Gasteiger partial charge in [0.05, 0.1) is 5.25 Å². The molecule has 1 fully saturated rings. The Bertz CT molecular complexity index is 455. The molecule has 1 heterocycles.